The monoisotopic (exact) mass is 314 g/mol. The number of amides is 1. The number of nitrogens with zero attached hydrogens (tertiary/aromatic N) is 1. The van der Waals surface area contributed by atoms with Crippen molar-refractivity contribution in [3.8, 4) is 0 Å². The Labute approximate surface area is 123 Å². The predicted molar refractivity (Wildman–Crippen MR) is 77.4 cm³/mol. The van der Waals surface area contributed by atoms with Gasteiger partial charge in [-0.1, -0.05) is 6.92 Å². The van der Waals surface area contributed by atoms with Gasteiger partial charge in [-0.2, -0.15) is 4.31 Å². The molecule has 1 rings (SSSR count). The molecule has 2 N–H and O–H groups in total. The van der Waals surface area contributed by atoms with Gasteiger partial charge >= 0.3 is 5.97 Å². The second-order valence-electron chi connectivity index (χ2n) is 4.44. The zero-order chi connectivity index (χ0) is 16.0. The van der Waals surface area contributed by atoms with E-state index < -0.39 is 22.5 Å². The van der Waals surface area contributed by atoms with Gasteiger partial charge < -0.3 is 10.4 Å². The number of anilines is 1. The van der Waals surface area contributed by atoms with E-state index in [1.165, 1.54) is 31.2 Å². The van der Waals surface area contributed by atoms with E-state index in [1.807, 2.05) is 0 Å². The standard InChI is InChI=1S/C13H18N2O5S/c1-3-8-15(9-13(17)18)21(19,20)12-6-4-11(5-7-12)14-10(2)16/h4-7H,3,8-9H2,1-2H3,(H,14,16)(H,17,18). The summed E-state index contributed by atoms with van der Waals surface area (Å²) in [6.07, 6.45) is 0.510. The van der Waals surface area contributed by atoms with Gasteiger partial charge in [-0.15, -0.1) is 0 Å². The Bertz CT molecular complexity index is 610. The minimum Gasteiger partial charge on any atom is -0.480 e. The van der Waals surface area contributed by atoms with E-state index in [1.54, 1.807) is 6.92 Å². The minimum atomic E-state index is -3.86. The van der Waals surface area contributed by atoms with Gasteiger partial charge in [-0.25, -0.2) is 8.42 Å². The molecule has 0 saturated heterocycles. The summed E-state index contributed by atoms with van der Waals surface area (Å²) in [5.41, 5.74) is 0.474. The van der Waals surface area contributed by atoms with Crippen molar-refractivity contribution in [2.75, 3.05) is 18.4 Å². The molecule has 0 aliphatic rings. The summed E-state index contributed by atoms with van der Waals surface area (Å²) in [4.78, 5) is 21.7. The highest BCUT2D eigenvalue weighted by Gasteiger charge is 2.25. The number of sulfonamides is 1. The molecule has 116 valence electrons. The maximum Gasteiger partial charge on any atom is 0.318 e. The Balaban J connectivity index is 3.04. The molecule has 1 aromatic carbocycles. The molecule has 0 bridgehead atoms. The molecule has 8 heteroatoms. The van der Waals surface area contributed by atoms with Crippen molar-refractivity contribution in [2.45, 2.75) is 25.2 Å². The van der Waals surface area contributed by atoms with Crippen molar-refractivity contribution in [1.29, 1.82) is 0 Å². The largest absolute Gasteiger partial charge is 0.480 e. The van der Waals surface area contributed by atoms with E-state index in [0.717, 1.165) is 4.31 Å². The van der Waals surface area contributed by atoms with Gasteiger partial charge in [-0.05, 0) is 30.7 Å². The van der Waals surface area contributed by atoms with Gasteiger partial charge in [0.05, 0.1) is 4.90 Å². The maximum absolute atomic E-state index is 12.4. The third kappa shape index (κ3) is 4.83. The lowest BCUT2D eigenvalue weighted by molar-refractivity contribution is -0.137. The summed E-state index contributed by atoms with van der Waals surface area (Å²) in [7, 11) is -3.86. The van der Waals surface area contributed by atoms with Crippen LogP contribution in [0.1, 0.15) is 20.3 Å². The lowest BCUT2D eigenvalue weighted by Gasteiger charge is -2.19. The van der Waals surface area contributed by atoms with Crippen molar-refractivity contribution in [1.82, 2.24) is 4.31 Å². The fourth-order valence-electron chi connectivity index (χ4n) is 1.75. The average Bonchev–Trinajstić information content (AvgIpc) is 2.37. The van der Waals surface area contributed by atoms with Crippen LogP contribution in [0.25, 0.3) is 0 Å². The summed E-state index contributed by atoms with van der Waals surface area (Å²) < 4.78 is 25.7. The first-order valence-corrected chi connectivity index (χ1v) is 7.81. The Hall–Kier alpha value is -1.93. The Morgan fingerprint density at radius 3 is 2.24 bits per heavy atom. The van der Waals surface area contributed by atoms with Crippen LogP contribution in [0.15, 0.2) is 29.2 Å². The summed E-state index contributed by atoms with van der Waals surface area (Å²) in [5, 5.41) is 11.3. The number of hydrogen-bond acceptors (Lipinski definition) is 4. The summed E-state index contributed by atoms with van der Waals surface area (Å²) in [5.74, 6) is -1.47. The SMILES string of the molecule is CCCN(CC(=O)O)S(=O)(=O)c1ccc(NC(C)=O)cc1. The second kappa shape index (κ2) is 7.19. The van der Waals surface area contributed by atoms with Crippen LogP contribution in [0.3, 0.4) is 0 Å². The number of rotatable bonds is 7. The number of nitrogens with one attached hydrogen (secondary N) is 1. The molecule has 0 saturated carbocycles. The summed E-state index contributed by atoms with van der Waals surface area (Å²) >= 11 is 0. The highest BCUT2D eigenvalue weighted by molar-refractivity contribution is 7.89. The van der Waals surface area contributed by atoms with Gasteiger partial charge in [0.2, 0.25) is 15.9 Å². The van der Waals surface area contributed by atoms with Gasteiger partial charge in [0, 0.05) is 19.2 Å². The topological polar surface area (TPSA) is 104 Å². The fourth-order valence-corrected chi connectivity index (χ4v) is 3.23. The molecule has 0 aliphatic carbocycles. The number of hydrogen-bond donors (Lipinski definition) is 2. The number of carboxylic acids is 1. The van der Waals surface area contributed by atoms with Crippen molar-refractivity contribution in [3.05, 3.63) is 24.3 Å². The molecule has 1 amide bonds. The molecule has 0 unspecified atom stereocenters. The number of carbonyl (C=O) groups excluding carboxylic acids is 1. The van der Waals surface area contributed by atoms with E-state index >= 15 is 0 Å². The highest BCUT2D eigenvalue weighted by Crippen LogP contribution is 2.18. The molecule has 0 atom stereocenters. The van der Waals surface area contributed by atoms with E-state index in [4.69, 9.17) is 5.11 Å². The number of carboxylic acid groups (broad SMARTS) is 1. The molecular weight excluding hydrogens is 296 g/mol. The van der Waals surface area contributed by atoms with Gasteiger partial charge in [0.15, 0.2) is 0 Å². The van der Waals surface area contributed by atoms with Crippen molar-refractivity contribution in [3.63, 3.8) is 0 Å². The van der Waals surface area contributed by atoms with Crippen LogP contribution < -0.4 is 5.32 Å². The minimum absolute atomic E-state index is 0.00805. The Kier molecular flexibility index (Phi) is 5.86. The van der Waals surface area contributed by atoms with Gasteiger partial charge in [-0.3, -0.25) is 9.59 Å². The second-order valence-corrected chi connectivity index (χ2v) is 6.38. The first-order chi connectivity index (χ1) is 9.77. The zero-order valence-corrected chi connectivity index (χ0v) is 12.7. The number of carbonyl (C=O) groups is 2. The molecule has 0 heterocycles. The van der Waals surface area contributed by atoms with E-state index in [2.05, 4.69) is 5.32 Å². The third-order valence-corrected chi connectivity index (χ3v) is 4.46. The van der Waals surface area contributed by atoms with Crippen LogP contribution in [0.2, 0.25) is 0 Å². The fraction of sp³-hybridized carbons (Fsp3) is 0.385. The van der Waals surface area contributed by atoms with Crippen LogP contribution in [0.4, 0.5) is 5.69 Å². The summed E-state index contributed by atoms with van der Waals surface area (Å²) in [6.45, 7) is 2.66. The van der Waals surface area contributed by atoms with Crippen molar-refractivity contribution >= 4 is 27.6 Å². The molecule has 0 fully saturated rings. The van der Waals surface area contributed by atoms with Crippen molar-refractivity contribution < 1.29 is 23.1 Å². The zero-order valence-electron chi connectivity index (χ0n) is 11.9. The summed E-state index contributed by atoms with van der Waals surface area (Å²) in [6, 6.07) is 5.59. The highest BCUT2D eigenvalue weighted by atomic mass is 32.2. The van der Waals surface area contributed by atoms with E-state index in [-0.39, 0.29) is 17.3 Å². The normalized spacial score (nSPS) is 11.4. The van der Waals surface area contributed by atoms with Gasteiger partial charge in [0.25, 0.3) is 0 Å². The third-order valence-electron chi connectivity index (χ3n) is 2.60. The van der Waals surface area contributed by atoms with Crippen molar-refractivity contribution in [2.24, 2.45) is 0 Å². The van der Waals surface area contributed by atoms with E-state index in [0.29, 0.717) is 12.1 Å². The quantitative estimate of drug-likeness (QED) is 0.785. The number of benzene rings is 1. The van der Waals surface area contributed by atoms with Gasteiger partial charge in [0.1, 0.15) is 6.54 Å². The Morgan fingerprint density at radius 2 is 1.81 bits per heavy atom. The molecule has 0 spiro atoms. The Morgan fingerprint density at radius 1 is 1.24 bits per heavy atom. The molecule has 0 radical (unpaired) electrons. The first kappa shape index (κ1) is 17.1. The lowest BCUT2D eigenvalue weighted by Crippen LogP contribution is -2.36. The average molecular weight is 314 g/mol. The smallest absolute Gasteiger partial charge is 0.318 e. The molecule has 0 aliphatic heterocycles. The number of aliphatic carboxylic acids is 1. The van der Waals surface area contributed by atoms with Crippen LogP contribution in [-0.2, 0) is 19.6 Å². The first-order valence-electron chi connectivity index (χ1n) is 6.37. The molecular formula is C13H18N2O5S. The van der Waals surface area contributed by atoms with Crippen LogP contribution >= 0.6 is 0 Å². The maximum atomic E-state index is 12.4. The lowest BCUT2D eigenvalue weighted by atomic mass is 10.3. The predicted octanol–water partition coefficient (Wildman–Crippen LogP) is 1.13. The van der Waals surface area contributed by atoms with Crippen LogP contribution in [0.5, 0.6) is 0 Å². The van der Waals surface area contributed by atoms with Crippen LogP contribution in [-0.4, -0.2) is 42.8 Å². The molecule has 1 aromatic rings. The molecule has 7 nitrogen and oxygen atoms in total. The molecule has 0 aromatic heterocycles. The van der Waals surface area contributed by atoms with Crippen LogP contribution in [0, 0.1) is 0 Å². The van der Waals surface area contributed by atoms with E-state index in [9.17, 15) is 18.0 Å². The molecule has 21 heavy (non-hydrogen) atoms.